The first-order valence-electron chi connectivity index (χ1n) is 9.75. The molecule has 2 aliphatic rings. The number of phenolic OH excluding ortho intramolecular Hbond substituents is 4. The summed E-state index contributed by atoms with van der Waals surface area (Å²) in [5.41, 5.74) is -0.244. The molecule has 0 radical (unpaired) electrons. The van der Waals surface area contributed by atoms with Crippen LogP contribution in [-0.4, -0.2) is 77.7 Å². The SMILES string of the molecule is O=C1C[C@@H](c2ccc(O)c(O)c2)Oc2c1c(O)cc(O)c2[C@@H]1O[C@H](CO)[C@@H](O)[C@H](O)[C@H]1O. The Bertz CT molecular complexity index is 1050. The van der Waals surface area contributed by atoms with Crippen molar-refractivity contribution in [2.75, 3.05) is 6.61 Å². The van der Waals surface area contributed by atoms with Gasteiger partial charge in [0.15, 0.2) is 17.3 Å². The number of hydrogen-bond acceptors (Lipinski definition) is 11. The Balaban J connectivity index is 1.82. The average Bonchev–Trinajstić information content (AvgIpc) is 2.74. The largest absolute Gasteiger partial charge is 0.507 e. The molecule has 1 saturated heterocycles. The molecule has 172 valence electrons. The number of rotatable bonds is 3. The summed E-state index contributed by atoms with van der Waals surface area (Å²) in [4.78, 5) is 12.8. The summed E-state index contributed by atoms with van der Waals surface area (Å²) < 4.78 is 11.4. The van der Waals surface area contributed by atoms with Gasteiger partial charge in [0.25, 0.3) is 0 Å². The van der Waals surface area contributed by atoms with Gasteiger partial charge < -0.3 is 50.3 Å². The van der Waals surface area contributed by atoms with Gasteiger partial charge in [0, 0.05) is 6.07 Å². The third kappa shape index (κ3) is 3.49. The van der Waals surface area contributed by atoms with Crippen LogP contribution in [0, 0.1) is 0 Å². The lowest BCUT2D eigenvalue weighted by Crippen LogP contribution is -2.55. The van der Waals surface area contributed by atoms with Crippen LogP contribution in [0.15, 0.2) is 24.3 Å². The highest BCUT2D eigenvalue weighted by atomic mass is 16.5. The van der Waals surface area contributed by atoms with E-state index in [-0.39, 0.29) is 29.0 Å². The molecule has 1 fully saturated rings. The molecule has 0 spiro atoms. The van der Waals surface area contributed by atoms with Gasteiger partial charge in [-0.05, 0) is 17.7 Å². The zero-order chi connectivity index (χ0) is 23.3. The van der Waals surface area contributed by atoms with Gasteiger partial charge in [0.2, 0.25) is 0 Å². The number of hydrogen-bond donors (Lipinski definition) is 8. The number of fused-ring (bicyclic) bond motifs is 1. The molecule has 2 heterocycles. The van der Waals surface area contributed by atoms with Crippen molar-refractivity contribution in [3.63, 3.8) is 0 Å². The molecule has 0 unspecified atom stereocenters. The molecular weight excluding hydrogens is 428 g/mol. The lowest BCUT2D eigenvalue weighted by Gasteiger charge is -2.41. The van der Waals surface area contributed by atoms with Crippen molar-refractivity contribution in [2.24, 2.45) is 0 Å². The molecule has 11 nitrogen and oxygen atoms in total. The maximum atomic E-state index is 12.8. The molecule has 2 aliphatic heterocycles. The van der Waals surface area contributed by atoms with Crippen molar-refractivity contribution in [1.82, 2.24) is 0 Å². The predicted octanol–water partition coefficient (Wildman–Crippen LogP) is -0.270. The van der Waals surface area contributed by atoms with E-state index in [1.807, 2.05) is 0 Å². The summed E-state index contributed by atoms with van der Waals surface area (Å²) in [6.45, 7) is -0.711. The van der Waals surface area contributed by atoms with E-state index in [9.17, 15) is 45.6 Å². The van der Waals surface area contributed by atoms with Crippen molar-refractivity contribution in [1.29, 1.82) is 0 Å². The van der Waals surface area contributed by atoms with E-state index in [1.54, 1.807) is 0 Å². The van der Waals surface area contributed by atoms with Crippen LogP contribution in [0.4, 0.5) is 0 Å². The number of aliphatic hydroxyl groups excluding tert-OH is 4. The monoisotopic (exact) mass is 450 g/mol. The Morgan fingerprint density at radius 2 is 1.59 bits per heavy atom. The first-order valence-corrected chi connectivity index (χ1v) is 9.75. The second kappa shape index (κ2) is 8.11. The maximum absolute atomic E-state index is 12.8. The van der Waals surface area contributed by atoms with Crippen molar-refractivity contribution < 1.29 is 55.1 Å². The van der Waals surface area contributed by atoms with Crippen LogP contribution in [0.2, 0.25) is 0 Å². The third-order valence-electron chi connectivity index (χ3n) is 5.74. The smallest absolute Gasteiger partial charge is 0.174 e. The Labute approximate surface area is 181 Å². The summed E-state index contributed by atoms with van der Waals surface area (Å²) in [7, 11) is 0. The minimum absolute atomic E-state index is 0.246. The summed E-state index contributed by atoms with van der Waals surface area (Å²) in [5.74, 6) is -2.92. The van der Waals surface area contributed by atoms with E-state index in [4.69, 9.17) is 9.47 Å². The second-order valence-electron chi connectivity index (χ2n) is 7.76. The Kier molecular flexibility index (Phi) is 5.61. The Hall–Kier alpha value is -3.09. The van der Waals surface area contributed by atoms with E-state index in [0.29, 0.717) is 5.56 Å². The molecule has 4 rings (SSSR count). The predicted molar refractivity (Wildman–Crippen MR) is 105 cm³/mol. The van der Waals surface area contributed by atoms with Crippen LogP contribution < -0.4 is 4.74 Å². The first-order chi connectivity index (χ1) is 15.1. The lowest BCUT2D eigenvalue weighted by atomic mass is 9.87. The van der Waals surface area contributed by atoms with Crippen molar-refractivity contribution in [3.8, 4) is 28.7 Å². The molecule has 6 atom stereocenters. The second-order valence-corrected chi connectivity index (χ2v) is 7.76. The topological polar surface area (TPSA) is 197 Å². The van der Waals surface area contributed by atoms with Crippen molar-refractivity contribution >= 4 is 5.78 Å². The van der Waals surface area contributed by atoms with Crippen LogP contribution in [0.1, 0.15) is 40.1 Å². The molecule has 0 bridgehead atoms. The Morgan fingerprint density at radius 3 is 2.25 bits per heavy atom. The zero-order valence-electron chi connectivity index (χ0n) is 16.5. The van der Waals surface area contributed by atoms with Crippen LogP contribution in [0.5, 0.6) is 28.7 Å². The first kappa shape index (κ1) is 22.1. The average molecular weight is 450 g/mol. The molecule has 11 heteroatoms. The van der Waals surface area contributed by atoms with E-state index < -0.39 is 66.3 Å². The van der Waals surface area contributed by atoms with Crippen LogP contribution in [0.25, 0.3) is 0 Å². The highest BCUT2D eigenvalue weighted by Crippen LogP contribution is 2.50. The van der Waals surface area contributed by atoms with Crippen LogP contribution in [0.3, 0.4) is 0 Å². The quantitative estimate of drug-likeness (QED) is 0.287. The van der Waals surface area contributed by atoms with E-state index in [0.717, 1.165) is 6.07 Å². The molecule has 0 amide bonds. The molecule has 0 aromatic heterocycles. The maximum Gasteiger partial charge on any atom is 0.174 e. The number of aliphatic hydroxyl groups is 4. The minimum Gasteiger partial charge on any atom is -0.507 e. The van der Waals surface area contributed by atoms with Crippen LogP contribution >= 0.6 is 0 Å². The highest BCUT2D eigenvalue weighted by Gasteiger charge is 2.47. The number of Topliss-reactive ketones (excluding diaryl/α,β-unsaturated/α-hetero) is 1. The molecule has 0 aliphatic carbocycles. The number of aromatic hydroxyl groups is 4. The lowest BCUT2D eigenvalue weighted by molar-refractivity contribution is -0.232. The van der Waals surface area contributed by atoms with Gasteiger partial charge in [-0.3, -0.25) is 4.79 Å². The summed E-state index contributed by atoms with van der Waals surface area (Å²) in [6.07, 6.45) is -9.22. The summed E-state index contributed by atoms with van der Waals surface area (Å²) in [5, 5.41) is 80.2. The molecule has 32 heavy (non-hydrogen) atoms. The van der Waals surface area contributed by atoms with Gasteiger partial charge >= 0.3 is 0 Å². The fourth-order valence-corrected chi connectivity index (χ4v) is 4.03. The zero-order valence-corrected chi connectivity index (χ0v) is 16.5. The highest BCUT2D eigenvalue weighted by molar-refractivity contribution is 6.03. The number of carbonyl (C=O) groups excluding carboxylic acids is 1. The van der Waals surface area contributed by atoms with Gasteiger partial charge in [-0.1, -0.05) is 6.07 Å². The standard InChI is InChI=1S/C21H22O11/c22-6-14-17(28)18(29)19(30)21(32-14)16-11(26)4-10(25)15-12(27)5-13(31-20(15)16)7-1-2-8(23)9(24)3-7/h1-4,13-14,17-19,21-26,28-30H,5-6H2/t13-,14+,17+,18-,19+,21-/m0/s1. The Morgan fingerprint density at radius 1 is 0.875 bits per heavy atom. The molecule has 0 saturated carbocycles. The summed E-state index contributed by atoms with van der Waals surface area (Å²) >= 11 is 0. The van der Waals surface area contributed by atoms with Gasteiger partial charge in [-0.25, -0.2) is 0 Å². The molecule has 2 aromatic carbocycles. The third-order valence-corrected chi connectivity index (χ3v) is 5.74. The number of phenols is 4. The van der Waals surface area contributed by atoms with Gasteiger partial charge in [-0.15, -0.1) is 0 Å². The van der Waals surface area contributed by atoms with Crippen molar-refractivity contribution in [2.45, 2.75) is 43.0 Å². The molecule has 8 N–H and O–H groups in total. The van der Waals surface area contributed by atoms with Crippen LogP contribution in [-0.2, 0) is 4.74 Å². The normalized spacial score (nSPS) is 29.9. The fraction of sp³-hybridized carbons (Fsp3) is 0.381. The van der Waals surface area contributed by atoms with E-state index in [2.05, 4.69) is 0 Å². The van der Waals surface area contributed by atoms with Gasteiger partial charge in [-0.2, -0.15) is 0 Å². The molecule has 2 aromatic rings. The molecular formula is C21H22O11. The number of ether oxygens (including phenoxy) is 2. The number of carbonyl (C=O) groups is 1. The number of ketones is 1. The van der Waals surface area contributed by atoms with Gasteiger partial charge in [0.05, 0.1) is 18.6 Å². The number of benzene rings is 2. The van der Waals surface area contributed by atoms with E-state index in [1.165, 1.54) is 18.2 Å². The van der Waals surface area contributed by atoms with E-state index >= 15 is 0 Å². The van der Waals surface area contributed by atoms with Crippen molar-refractivity contribution in [3.05, 3.63) is 41.0 Å². The fourth-order valence-electron chi connectivity index (χ4n) is 4.03. The minimum atomic E-state index is -1.77. The van der Waals surface area contributed by atoms with Gasteiger partial charge in [0.1, 0.15) is 59.4 Å². The summed E-state index contributed by atoms with van der Waals surface area (Å²) in [6, 6.07) is 4.67.